The fraction of sp³-hybridized carbons (Fsp3) is 0.333. The van der Waals surface area contributed by atoms with Gasteiger partial charge in [-0.15, -0.1) is 0 Å². The first-order chi connectivity index (χ1) is 19.3. The molecule has 4 aromatic rings. The predicted molar refractivity (Wildman–Crippen MR) is 159 cm³/mol. The largest absolute Gasteiger partial charge is 0.337 e. The quantitative estimate of drug-likeness (QED) is 0.232. The van der Waals surface area contributed by atoms with Crippen LogP contribution in [-0.4, -0.2) is 15.5 Å². The molecule has 1 amide bonds. The lowest BCUT2D eigenvalue weighted by atomic mass is 9.71. The number of benzene rings is 3. The molecular formula is C33H35FN4OS. The maximum Gasteiger partial charge on any atom is 0.231 e. The summed E-state index contributed by atoms with van der Waals surface area (Å²) in [6, 6.07) is 23.6. The summed E-state index contributed by atoms with van der Waals surface area (Å²) in [7, 11) is 1.97. The van der Waals surface area contributed by atoms with Gasteiger partial charge in [-0.1, -0.05) is 56.3 Å². The van der Waals surface area contributed by atoms with Gasteiger partial charge in [-0.25, -0.2) is 9.37 Å². The van der Waals surface area contributed by atoms with Crippen molar-refractivity contribution in [1.82, 2.24) is 14.3 Å². The van der Waals surface area contributed by atoms with E-state index >= 15 is 0 Å². The monoisotopic (exact) mass is 554 g/mol. The molecule has 1 heterocycles. The summed E-state index contributed by atoms with van der Waals surface area (Å²) in [4.78, 5) is 21.4. The maximum atomic E-state index is 14.1. The lowest BCUT2D eigenvalue weighted by Crippen LogP contribution is -2.35. The van der Waals surface area contributed by atoms with Crippen molar-refractivity contribution in [2.24, 2.45) is 13.0 Å². The molecule has 0 bridgehead atoms. The molecule has 3 aromatic carbocycles. The van der Waals surface area contributed by atoms with Crippen LogP contribution in [0.5, 0.6) is 0 Å². The van der Waals surface area contributed by atoms with Crippen LogP contribution in [0.1, 0.15) is 67.6 Å². The molecule has 6 rings (SSSR count). The molecule has 2 aliphatic carbocycles. The summed E-state index contributed by atoms with van der Waals surface area (Å²) in [6.45, 7) is 4.98. The fourth-order valence-electron chi connectivity index (χ4n) is 5.93. The number of fused-ring (bicyclic) bond motifs is 1. The van der Waals surface area contributed by atoms with Crippen molar-refractivity contribution in [3.05, 3.63) is 114 Å². The highest BCUT2D eigenvalue weighted by Gasteiger charge is 2.46. The summed E-state index contributed by atoms with van der Waals surface area (Å²) in [5.41, 5.74) is 4.64. The Morgan fingerprint density at radius 3 is 2.70 bits per heavy atom. The third-order valence-corrected chi connectivity index (χ3v) is 9.34. The number of rotatable bonds is 8. The molecule has 206 valence electrons. The van der Waals surface area contributed by atoms with Crippen molar-refractivity contribution in [2.45, 2.75) is 61.9 Å². The van der Waals surface area contributed by atoms with Crippen molar-refractivity contribution in [1.29, 1.82) is 0 Å². The molecule has 40 heavy (non-hydrogen) atoms. The number of aryl methyl sites for hydroxylation is 1. The first kappa shape index (κ1) is 26.8. The van der Waals surface area contributed by atoms with E-state index in [2.05, 4.69) is 53.9 Å². The van der Waals surface area contributed by atoms with E-state index in [0.717, 1.165) is 35.7 Å². The van der Waals surface area contributed by atoms with Gasteiger partial charge >= 0.3 is 0 Å². The molecule has 0 radical (unpaired) electrons. The molecule has 1 aromatic heterocycles. The topological polar surface area (TPSA) is 50.2 Å². The van der Waals surface area contributed by atoms with E-state index in [9.17, 15) is 9.18 Å². The second-order valence-electron chi connectivity index (χ2n) is 11.7. The van der Waals surface area contributed by atoms with E-state index in [1.165, 1.54) is 34.7 Å². The number of halogens is 1. The summed E-state index contributed by atoms with van der Waals surface area (Å²) in [5, 5.41) is 0. The number of aromatic nitrogens is 2. The fourth-order valence-corrected chi connectivity index (χ4v) is 6.77. The number of anilines is 1. The number of imidazole rings is 1. The highest BCUT2D eigenvalue weighted by molar-refractivity contribution is 7.97. The average molecular weight is 555 g/mol. The van der Waals surface area contributed by atoms with Gasteiger partial charge in [-0.3, -0.25) is 9.52 Å². The zero-order valence-corrected chi connectivity index (χ0v) is 24.0. The molecular weight excluding hydrogens is 519 g/mol. The van der Waals surface area contributed by atoms with Gasteiger partial charge in [0.25, 0.3) is 0 Å². The van der Waals surface area contributed by atoms with Crippen molar-refractivity contribution >= 4 is 23.5 Å². The number of nitrogens with zero attached hydrogens (tertiary/aromatic N) is 3. The number of hydrogen-bond donors (Lipinski definition) is 1. The van der Waals surface area contributed by atoms with E-state index in [1.807, 2.05) is 47.0 Å². The van der Waals surface area contributed by atoms with Crippen molar-refractivity contribution in [3.8, 4) is 0 Å². The molecule has 1 N–H and O–H groups in total. The molecule has 1 fully saturated rings. The SMILES string of the molecule is Cn1ccnc1CN(C(=O)[C@H]1C[C@@H]1c1ccccc1)c1ccc2c(c1)C(NSc1cccc(F)c1)CCC2(C)C. The van der Waals surface area contributed by atoms with Gasteiger partial charge < -0.3 is 9.47 Å². The molecule has 2 aliphatic rings. The second kappa shape index (κ2) is 10.9. The van der Waals surface area contributed by atoms with Crippen molar-refractivity contribution < 1.29 is 9.18 Å². The first-order valence-electron chi connectivity index (χ1n) is 13.9. The van der Waals surface area contributed by atoms with E-state index < -0.39 is 0 Å². The van der Waals surface area contributed by atoms with Crippen molar-refractivity contribution in [3.63, 3.8) is 0 Å². The normalized spacial score (nSPS) is 21.1. The lowest BCUT2D eigenvalue weighted by Gasteiger charge is -2.38. The van der Waals surface area contributed by atoms with E-state index in [-0.39, 0.29) is 35.0 Å². The molecule has 7 heteroatoms. The Hall–Kier alpha value is -3.42. The van der Waals surface area contributed by atoms with Gasteiger partial charge in [-0.2, -0.15) is 0 Å². The molecule has 1 saturated carbocycles. The highest BCUT2D eigenvalue weighted by atomic mass is 32.2. The minimum atomic E-state index is -0.239. The third-order valence-electron chi connectivity index (χ3n) is 8.45. The summed E-state index contributed by atoms with van der Waals surface area (Å²) in [5.74, 6) is 0.973. The first-order valence-corrected chi connectivity index (χ1v) is 14.8. The van der Waals surface area contributed by atoms with Crippen LogP contribution in [-0.2, 0) is 23.8 Å². The van der Waals surface area contributed by atoms with Crippen LogP contribution >= 0.6 is 11.9 Å². The van der Waals surface area contributed by atoms with Crippen LogP contribution in [0.25, 0.3) is 0 Å². The summed E-state index contributed by atoms with van der Waals surface area (Å²) in [6.07, 6.45) is 6.56. The molecule has 1 unspecified atom stereocenters. The Morgan fingerprint density at radius 2 is 1.95 bits per heavy atom. The Labute approximate surface area is 240 Å². The van der Waals surface area contributed by atoms with Crippen LogP contribution < -0.4 is 9.62 Å². The molecule has 0 aliphatic heterocycles. The van der Waals surface area contributed by atoms with Crippen LogP contribution in [0, 0.1) is 11.7 Å². The van der Waals surface area contributed by atoms with Crippen LogP contribution in [0.4, 0.5) is 10.1 Å². The Bertz CT molecular complexity index is 1520. The zero-order chi connectivity index (χ0) is 27.9. The Balaban J connectivity index is 1.32. The van der Waals surface area contributed by atoms with Gasteiger partial charge in [0.2, 0.25) is 5.91 Å². The maximum absolute atomic E-state index is 14.1. The molecule has 0 saturated heterocycles. The van der Waals surface area contributed by atoms with Crippen LogP contribution in [0.15, 0.2) is 90.1 Å². The van der Waals surface area contributed by atoms with E-state index in [4.69, 9.17) is 0 Å². The minimum Gasteiger partial charge on any atom is -0.337 e. The Morgan fingerprint density at radius 1 is 1.12 bits per heavy atom. The van der Waals surface area contributed by atoms with Gasteiger partial charge in [-0.05, 0) is 89.6 Å². The van der Waals surface area contributed by atoms with E-state index in [0.29, 0.717) is 6.54 Å². The van der Waals surface area contributed by atoms with Gasteiger partial charge in [0.1, 0.15) is 11.6 Å². The lowest BCUT2D eigenvalue weighted by molar-refractivity contribution is -0.120. The Kier molecular flexibility index (Phi) is 7.27. The van der Waals surface area contributed by atoms with Crippen LogP contribution in [0.3, 0.4) is 0 Å². The van der Waals surface area contributed by atoms with Gasteiger partial charge in [0.05, 0.1) is 6.54 Å². The molecule has 0 spiro atoms. The highest BCUT2D eigenvalue weighted by Crippen LogP contribution is 2.50. The number of hydrogen-bond acceptors (Lipinski definition) is 4. The average Bonchev–Trinajstić information content (AvgIpc) is 3.66. The smallest absolute Gasteiger partial charge is 0.231 e. The summed E-state index contributed by atoms with van der Waals surface area (Å²) >= 11 is 1.46. The number of carbonyl (C=O) groups excluding carboxylic acids is 1. The van der Waals surface area contributed by atoms with Crippen LogP contribution in [0.2, 0.25) is 0 Å². The van der Waals surface area contributed by atoms with E-state index in [1.54, 1.807) is 18.3 Å². The van der Waals surface area contributed by atoms with Gasteiger partial charge in [0.15, 0.2) is 0 Å². The second-order valence-corrected chi connectivity index (χ2v) is 12.6. The van der Waals surface area contributed by atoms with Gasteiger partial charge in [0, 0.05) is 42.0 Å². The number of nitrogens with one attached hydrogen (secondary N) is 1. The molecule has 5 nitrogen and oxygen atoms in total. The van der Waals surface area contributed by atoms with Crippen molar-refractivity contribution in [2.75, 3.05) is 4.90 Å². The molecule has 3 atom stereocenters. The number of amides is 1. The predicted octanol–water partition coefficient (Wildman–Crippen LogP) is 7.31. The standard InChI is InChI=1S/C33H35FN4OS/c1-33(2)15-14-30(36-40-25-11-7-10-23(34)18-25)28-19-24(12-13-29(28)33)38(21-31-35-16-17-37(31)3)32(39)27-20-26(27)22-8-5-4-6-9-22/h4-13,16-19,26-27,30,36H,14-15,20-21H2,1-3H3/t26-,27+,30?/m1/s1. The zero-order valence-electron chi connectivity index (χ0n) is 23.2. The minimum absolute atomic E-state index is 0.0268. The third kappa shape index (κ3) is 5.45. The number of carbonyl (C=O) groups is 1. The summed E-state index contributed by atoms with van der Waals surface area (Å²) < 4.78 is 19.4.